The molecule has 0 radical (unpaired) electrons. The molecule has 3 aromatic rings. The van der Waals surface area contributed by atoms with Gasteiger partial charge in [-0.1, -0.05) is 0 Å². The monoisotopic (exact) mass is 379 g/mol. The van der Waals surface area contributed by atoms with Gasteiger partial charge in [0.1, 0.15) is 29.4 Å². The number of hydrogen-bond acceptors (Lipinski definition) is 5. The quantitative estimate of drug-likeness (QED) is 0.736. The van der Waals surface area contributed by atoms with Crippen molar-refractivity contribution in [1.82, 2.24) is 9.55 Å². The summed E-state index contributed by atoms with van der Waals surface area (Å²) in [5.74, 6) is 2.53. The summed E-state index contributed by atoms with van der Waals surface area (Å²) < 4.78 is 18.0. The molecular formula is C21H21N3O4. The van der Waals surface area contributed by atoms with Crippen LogP contribution in [0, 0.1) is 0 Å². The van der Waals surface area contributed by atoms with Crippen molar-refractivity contribution in [3.05, 3.63) is 60.0 Å². The van der Waals surface area contributed by atoms with Gasteiger partial charge < -0.3 is 19.5 Å². The molecule has 144 valence electrons. The maximum Gasteiger partial charge on any atom is 0.226 e. The number of hydrogen-bond donors (Lipinski definition) is 1. The third kappa shape index (κ3) is 3.05. The molecule has 28 heavy (non-hydrogen) atoms. The highest BCUT2D eigenvalue weighted by Gasteiger charge is 2.33. The molecule has 1 amide bonds. The molecule has 0 aliphatic carbocycles. The van der Waals surface area contributed by atoms with Gasteiger partial charge in [-0.25, -0.2) is 4.98 Å². The first-order chi connectivity index (χ1) is 13.6. The summed E-state index contributed by atoms with van der Waals surface area (Å²) in [6, 6.07) is 13.2. The van der Waals surface area contributed by atoms with Crippen LogP contribution in [0.4, 0.5) is 5.82 Å². The van der Waals surface area contributed by atoms with Crippen LogP contribution in [0.1, 0.15) is 23.6 Å². The van der Waals surface area contributed by atoms with E-state index in [1.165, 1.54) is 0 Å². The Bertz CT molecular complexity index is 1010. The van der Waals surface area contributed by atoms with Crippen molar-refractivity contribution in [1.29, 1.82) is 0 Å². The van der Waals surface area contributed by atoms with Crippen LogP contribution in [0.5, 0.6) is 17.2 Å². The first-order valence-electron chi connectivity index (χ1n) is 8.88. The summed E-state index contributed by atoms with van der Waals surface area (Å²) in [5.41, 5.74) is 2.55. The summed E-state index contributed by atoms with van der Waals surface area (Å²) in [7, 11) is 4.86. The van der Waals surface area contributed by atoms with Gasteiger partial charge in [0.25, 0.3) is 0 Å². The largest absolute Gasteiger partial charge is 0.497 e. The van der Waals surface area contributed by atoms with E-state index in [-0.39, 0.29) is 18.2 Å². The van der Waals surface area contributed by atoms with E-state index in [1.807, 2.05) is 47.0 Å². The van der Waals surface area contributed by atoms with Crippen molar-refractivity contribution in [3.63, 3.8) is 0 Å². The van der Waals surface area contributed by atoms with Gasteiger partial charge in [0.15, 0.2) is 0 Å². The molecule has 0 saturated heterocycles. The molecule has 2 heterocycles. The van der Waals surface area contributed by atoms with Crippen molar-refractivity contribution >= 4 is 11.7 Å². The lowest BCUT2D eigenvalue weighted by molar-refractivity contribution is -0.116. The lowest BCUT2D eigenvalue weighted by Gasteiger charge is -2.25. The van der Waals surface area contributed by atoms with Crippen molar-refractivity contribution in [2.45, 2.75) is 12.3 Å². The highest BCUT2D eigenvalue weighted by Crippen LogP contribution is 2.42. The fourth-order valence-corrected chi connectivity index (χ4v) is 3.51. The SMILES string of the molecule is COc1ccc(-n2cnc3c2NC(=O)C[C@H]3c2cc(OC)ccc2OC)cc1. The van der Waals surface area contributed by atoms with Gasteiger partial charge in [0.05, 0.1) is 27.0 Å². The first-order valence-corrected chi connectivity index (χ1v) is 8.88. The van der Waals surface area contributed by atoms with E-state index in [0.29, 0.717) is 17.3 Å². The minimum Gasteiger partial charge on any atom is -0.497 e. The molecule has 7 heteroatoms. The molecular weight excluding hydrogens is 358 g/mol. The molecule has 0 fully saturated rings. The summed E-state index contributed by atoms with van der Waals surface area (Å²) in [6.07, 6.45) is 2.01. The van der Waals surface area contributed by atoms with E-state index in [9.17, 15) is 4.79 Å². The molecule has 7 nitrogen and oxygen atoms in total. The number of aromatic nitrogens is 2. The summed E-state index contributed by atoms with van der Waals surface area (Å²) in [4.78, 5) is 17.1. The molecule has 1 N–H and O–H groups in total. The second kappa shape index (κ2) is 7.26. The Hall–Kier alpha value is -3.48. The average molecular weight is 379 g/mol. The van der Waals surface area contributed by atoms with Crippen LogP contribution < -0.4 is 19.5 Å². The normalized spacial score (nSPS) is 15.5. The topological polar surface area (TPSA) is 74.6 Å². The molecule has 0 unspecified atom stereocenters. The number of imidazole rings is 1. The van der Waals surface area contributed by atoms with Crippen LogP contribution in [-0.4, -0.2) is 36.8 Å². The summed E-state index contributed by atoms with van der Waals surface area (Å²) >= 11 is 0. The van der Waals surface area contributed by atoms with E-state index in [2.05, 4.69) is 10.3 Å². The zero-order chi connectivity index (χ0) is 19.7. The minimum atomic E-state index is -0.228. The van der Waals surface area contributed by atoms with Gasteiger partial charge in [0, 0.05) is 23.6 Å². The van der Waals surface area contributed by atoms with Gasteiger partial charge in [-0.05, 0) is 42.5 Å². The third-order valence-electron chi connectivity index (χ3n) is 4.94. The molecule has 2 aromatic carbocycles. The standard InChI is InChI=1S/C21H21N3O4/c1-26-14-6-4-13(5-7-14)24-12-22-20-17(11-19(25)23-21(20)24)16-10-15(27-2)8-9-18(16)28-3/h4-10,12,17H,11H2,1-3H3,(H,23,25)/t17-/m0/s1. The van der Waals surface area contributed by atoms with Crippen molar-refractivity contribution in [2.75, 3.05) is 26.6 Å². The van der Waals surface area contributed by atoms with E-state index in [4.69, 9.17) is 14.2 Å². The smallest absolute Gasteiger partial charge is 0.226 e. The van der Waals surface area contributed by atoms with Crippen LogP contribution in [0.15, 0.2) is 48.8 Å². The number of amides is 1. The van der Waals surface area contributed by atoms with Gasteiger partial charge in [-0.15, -0.1) is 0 Å². The minimum absolute atomic E-state index is 0.0716. The maximum absolute atomic E-state index is 12.5. The van der Waals surface area contributed by atoms with Gasteiger partial charge >= 0.3 is 0 Å². The average Bonchev–Trinajstić information content (AvgIpc) is 3.16. The number of benzene rings is 2. The van der Waals surface area contributed by atoms with Crippen LogP contribution in [0.25, 0.3) is 5.69 Å². The number of anilines is 1. The number of nitrogens with one attached hydrogen (secondary N) is 1. The lowest BCUT2D eigenvalue weighted by atomic mass is 9.89. The Morgan fingerprint density at radius 1 is 1.00 bits per heavy atom. The second-order valence-electron chi connectivity index (χ2n) is 6.46. The number of nitrogens with zero attached hydrogens (tertiary/aromatic N) is 2. The second-order valence-corrected chi connectivity index (χ2v) is 6.46. The Kier molecular flexibility index (Phi) is 4.65. The molecule has 1 atom stereocenters. The number of fused-ring (bicyclic) bond motifs is 1. The number of methoxy groups -OCH3 is 3. The molecule has 0 bridgehead atoms. The molecule has 0 saturated carbocycles. The van der Waals surface area contributed by atoms with Crippen LogP contribution >= 0.6 is 0 Å². The third-order valence-corrected chi connectivity index (χ3v) is 4.94. The van der Waals surface area contributed by atoms with Crippen molar-refractivity contribution in [3.8, 4) is 22.9 Å². The number of rotatable bonds is 5. The van der Waals surface area contributed by atoms with Crippen molar-refractivity contribution < 1.29 is 19.0 Å². The van der Waals surface area contributed by atoms with Gasteiger partial charge in [-0.3, -0.25) is 9.36 Å². The Labute approximate surface area is 162 Å². The van der Waals surface area contributed by atoms with Crippen molar-refractivity contribution in [2.24, 2.45) is 0 Å². The van der Waals surface area contributed by atoms with E-state index in [0.717, 1.165) is 22.7 Å². The lowest BCUT2D eigenvalue weighted by Crippen LogP contribution is -2.25. The van der Waals surface area contributed by atoms with Crippen LogP contribution in [-0.2, 0) is 4.79 Å². The zero-order valence-electron chi connectivity index (χ0n) is 15.9. The van der Waals surface area contributed by atoms with Crippen LogP contribution in [0.2, 0.25) is 0 Å². The molecule has 0 spiro atoms. The van der Waals surface area contributed by atoms with E-state index < -0.39 is 0 Å². The molecule has 1 aliphatic rings. The fraction of sp³-hybridized carbons (Fsp3) is 0.238. The Morgan fingerprint density at radius 3 is 2.39 bits per heavy atom. The Morgan fingerprint density at radius 2 is 1.71 bits per heavy atom. The number of carbonyl (C=O) groups excluding carboxylic acids is 1. The predicted octanol–water partition coefficient (Wildman–Crippen LogP) is 3.37. The molecule has 4 rings (SSSR count). The van der Waals surface area contributed by atoms with Crippen LogP contribution in [0.3, 0.4) is 0 Å². The summed E-state index contributed by atoms with van der Waals surface area (Å²) in [6.45, 7) is 0. The number of ether oxygens (including phenoxy) is 3. The number of carbonyl (C=O) groups is 1. The van der Waals surface area contributed by atoms with Gasteiger partial charge in [0.2, 0.25) is 5.91 Å². The zero-order valence-corrected chi connectivity index (χ0v) is 15.9. The highest BCUT2D eigenvalue weighted by atomic mass is 16.5. The fourth-order valence-electron chi connectivity index (χ4n) is 3.51. The first kappa shape index (κ1) is 17.9. The van der Waals surface area contributed by atoms with Gasteiger partial charge in [-0.2, -0.15) is 0 Å². The summed E-state index contributed by atoms with van der Waals surface area (Å²) in [5, 5.41) is 2.96. The predicted molar refractivity (Wildman–Crippen MR) is 105 cm³/mol. The van der Waals surface area contributed by atoms with E-state index >= 15 is 0 Å². The molecule has 1 aliphatic heterocycles. The maximum atomic E-state index is 12.5. The highest BCUT2D eigenvalue weighted by molar-refractivity contribution is 5.94. The Balaban J connectivity index is 1.81. The molecule has 1 aromatic heterocycles. The van der Waals surface area contributed by atoms with E-state index in [1.54, 1.807) is 27.7 Å².